The monoisotopic (exact) mass is 360 g/mol. The molecule has 0 spiro atoms. The molecule has 0 radical (unpaired) electrons. The second kappa shape index (κ2) is 7.36. The molecule has 0 amide bonds. The number of aryl methyl sites for hydroxylation is 1. The Labute approximate surface area is 157 Å². The van der Waals surface area contributed by atoms with Crippen molar-refractivity contribution in [3.05, 3.63) is 81.2 Å². The van der Waals surface area contributed by atoms with Crippen molar-refractivity contribution in [2.24, 2.45) is 5.92 Å². The van der Waals surface area contributed by atoms with E-state index >= 15 is 0 Å². The fourth-order valence-corrected chi connectivity index (χ4v) is 3.69. The average Bonchev–Trinajstić information content (AvgIpc) is 2.90. The van der Waals surface area contributed by atoms with E-state index in [2.05, 4.69) is 18.8 Å². The molecule has 27 heavy (non-hydrogen) atoms. The summed E-state index contributed by atoms with van der Waals surface area (Å²) in [5.41, 5.74) is 4.04. The van der Waals surface area contributed by atoms with E-state index in [9.17, 15) is 9.18 Å². The minimum absolute atomic E-state index is 0.0494. The summed E-state index contributed by atoms with van der Waals surface area (Å²) >= 11 is 0. The Morgan fingerprint density at radius 2 is 1.96 bits per heavy atom. The number of halogens is 1. The van der Waals surface area contributed by atoms with Gasteiger partial charge in [-0.25, -0.2) is 9.37 Å². The maximum absolute atomic E-state index is 13.0. The van der Waals surface area contributed by atoms with Crippen LogP contribution in [-0.4, -0.2) is 9.38 Å². The lowest BCUT2D eigenvalue weighted by Crippen LogP contribution is -2.23. The fourth-order valence-electron chi connectivity index (χ4n) is 3.69. The van der Waals surface area contributed by atoms with Gasteiger partial charge in [0, 0.05) is 22.9 Å². The van der Waals surface area contributed by atoms with Crippen LogP contribution in [-0.2, 0) is 12.8 Å². The van der Waals surface area contributed by atoms with E-state index in [4.69, 9.17) is 4.98 Å². The summed E-state index contributed by atoms with van der Waals surface area (Å²) in [6, 6.07) is 9.76. The summed E-state index contributed by atoms with van der Waals surface area (Å²) in [7, 11) is 0. The molecule has 3 nitrogen and oxygen atoms in total. The predicted octanol–water partition coefficient (Wildman–Crippen LogP) is 4.14. The molecule has 0 saturated heterocycles. The number of hydrogen-bond donors (Lipinski definition) is 0. The highest BCUT2D eigenvalue weighted by Gasteiger charge is 2.20. The Hall–Kier alpha value is -2.93. The van der Waals surface area contributed by atoms with Crippen LogP contribution in [0.4, 0.5) is 4.39 Å². The number of aromatic nitrogens is 2. The summed E-state index contributed by atoms with van der Waals surface area (Å²) in [6.07, 6.45) is 6.78. The van der Waals surface area contributed by atoms with Crippen LogP contribution in [0, 0.1) is 23.6 Å². The van der Waals surface area contributed by atoms with Gasteiger partial charge in [-0.2, -0.15) is 0 Å². The van der Waals surface area contributed by atoms with Crippen LogP contribution in [0.3, 0.4) is 0 Å². The first-order chi connectivity index (χ1) is 13.1. The van der Waals surface area contributed by atoms with E-state index in [-0.39, 0.29) is 11.4 Å². The van der Waals surface area contributed by atoms with Crippen molar-refractivity contribution in [3.63, 3.8) is 0 Å². The molecule has 1 aliphatic carbocycles. The van der Waals surface area contributed by atoms with Gasteiger partial charge in [-0.05, 0) is 68.0 Å². The second-order valence-corrected chi connectivity index (χ2v) is 7.11. The van der Waals surface area contributed by atoms with Crippen molar-refractivity contribution >= 4 is 5.65 Å². The Morgan fingerprint density at radius 1 is 1.19 bits per heavy atom. The average molecular weight is 360 g/mol. The van der Waals surface area contributed by atoms with Gasteiger partial charge in [-0.1, -0.05) is 25.2 Å². The minimum atomic E-state index is -0.277. The molecule has 3 aromatic rings. The number of nitrogens with zero attached hydrogens (tertiary/aromatic N) is 2. The van der Waals surface area contributed by atoms with E-state index in [1.807, 2.05) is 12.1 Å². The number of benzene rings is 1. The van der Waals surface area contributed by atoms with E-state index in [0.717, 1.165) is 54.5 Å². The lowest BCUT2D eigenvalue weighted by Gasteiger charge is -2.12. The number of fused-ring (bicyclic) bond motifs is 2. The highest BCUT2D eigenvalue weighted by Crippen LogP contribution is 2.24. The van der Waals surface area contributed by atoms with Crippen LogP contribution in [0.2, 0.25) is 0 Å². The van der Waals surface area contributed by atoms with Gasteiger partial charge in [0.1, 0.15) is 11.5 Å². The highest BCUT2D eigenvalue weighted by molar-refractivity contribution is 5.51. The van der Waals surface area contributed by atoms with Crippen LogP contribution in [0.15, 0.2) is 47.4 Å². The molecule has 136 valence electrons. The van der Waals surface area contributed by atoms with Gasteiger partial charge >= 0.3 is 0 Å². The van der Waals surface area contributed by atoms with Gasteiger partial charge in [0.15, 0.2) is 0 Å². The Kier molecular flexibility index (Phi) is 4.77. The Bertz CT molecular complexity index is 1100. The molecule has 1 aromatic carbocycles. The highest BCUT2D eigenvalue weighted by atomic mass is 19.1. The fraction of sp³-hybridized carbons (Fsp3) is 0.304. The molecular formula is C23H21FN2O. The first-order valence-corrected chi connectivity index (χ1v) is 9.46. The normalized spacial score (nSPS) is 16.3. The summed E-state index contributed by atoms with van der Waals surface area (Å²) in [5.74, 6) is 6.39. The first kappa shape index (κ1) is 17.5. The molecule has 0 saturated carbocycles. The Balaban J connectivity index is 1.73. The summed E-state index contributed by atoms with van der Waals surface area (Å²) in [6.45, 7) is 2.19. The zero-order chi connectivity index (χ0) is 18.8. The molecule has 2 aromatic heterocycles. The molecular weight excluding hydrogens is 339 g/mol. The summed E-state index contributed by atoms with van der Waals surface area (Å²) in [4.78, 5) is 17.7. The van der Waals surface area contributed by atoms with E-state index < -0.39 is 0 Å². The van der Waals surface area contributed by atoms with Crippen molar-refractivity contribution in [1.82, 2.24) is 9.38 Å². The molecule has 4 heteroatoms. The molecule has 1 unspecified atom stereocenters. The van der Waals surface area contributed by atoms with Crippen molar-refractivity contribution in [2.45, 2.75) is 39.0 Å². The maximum Gasteiger partial charge on any atom is 0.261 e. The molecule has 1 atom stereocenters. The molecule has 0 aliphatic heterocycles. The molecule has 0 fully saturated rings. The predicted molar refractivity (Wildman–Crippen MR) is 104 cm³/mol. The van der Waals surface area contributed by atoms with Gasteiger partial charge in [0.25, 0.3) is 5.56 Å². The number of pyridine rings is 1. The van der Waals surface area contributed by atoms with E-state index in [1.165, 1.54) is 12.1 Å². The standard InChI is InChI=1S/C23H21FN2O/c1-2-16-4-3-5-21-20(14-16)23(27)26-13-12-18(15-22(26)25-21)7-6-17-8-10-19(24)11-9-17/h8-13,15-16H,2-5,14H2,1H3. The quantitative estimate of drug-likeness (QED) is 0.483. The number of hydrogen-bond acceptors (Lipinski definition) is 2. The maximum atomic E-state index is 13.0. The minimum Gasteiger partial charge on any atom is -0.269 e. The third-order valence-corrected chi connectivity index (χ3v) is 5.30. The lowest BCUT2D eigenvalue weighted by atomic mass is 9.96. The summed E-state index contributed by atoms with van der Waals surface area (Å²) < 4.78 is 14.6. The third-order valence-electron chi connectivity index (χ3n) is 5.30. The summed E-state index contributed by atoms with van der Waals surface area (Å²) in [5, 5.41) is 0. The van der Waals surface area contributed by atoms with Crippen molar-refractivity contribution in [2.75, 3.05) is 0 Å². The molecule has 1 aliphatic rings. The Morgan fingerprint density at radius 3 is 2.74 bits per heavy atom. The van der Waals surface area contributed by atoms with Gasteiger partial charge in [0.05, 0.1) is 5.69 Å². The molecule has 2 heterocycles. The SMILES string of the molecule is CCC1CCCc2nc3cc(C#Cc4ccc(F)cc4)ccn3c(=O)c2C1. The number of rotatable bonds is 1. The van der Waals surface area contributed by atoms with Gasteiger partial charge in [-0.3, -0.25) is 9.20 Å². The lowest BCUT2D eigenvalue weighted by molar-refractivity contribution is 0.465. The largest absolute Gasteiger partial charge is 0.269 e. The van der Waals surface area contributed by atoms with Crippen LogP contribution in [0.5, 0.6) is 0 Å². The van der Waals surface area contributed by atoms with Crippen LogP contribution in [0.25, 0.3) is 5.65 Å². The van der Waals surface area contributed by atoms with Gasteiger partial charge < -0.3 is 0 Å². The zero-order valence-electron chi connectivity index (χ0n) is 15.3. The van der Waals surface area contributed by atoms with Gasteiger partial charge in [-0.15, -0.1) is 0 Å². The second-order valence-electron chi connectivity index (χ2n) is 7.11. The first-order valence-electron chi connectivity index (χ1n) is 9.46. The van der Waals surface area contributed by atoms with E-state index in [1.54, 1.807) is 22.7 Å². The van der Waals surface area contributed by atoms with Crippen molar-refractivity contribution in [3.8, 4) is 11.8 Å². The van der Waals surface area contributed by atoms with Crippen molar-refractivity contribution < 1.29 is 4.39 Å². The molecule has 4 rings (SSSR count). The van der Waals surface area contributed by atoms with Crippen LogP contribution >= 0.6 is 0 Å². The smallest absolute Gasteiger partial charge is 0.261 e. The van der Waals surface area contributed by atoms with Crippen molar-refractivity contribution in [1.29, 1.82) is 0 Å². The molecule has 0 bridgehead atoms. The third kappa shape index (κ3) is 3.64. The molecule has 0 N–H and O–H groups in total. The zero-order valence-corrected chi connectivity index (χ0v) is 15.3. The van der Waals surface area contributed by atoms with E-state index in [0.29, 0.717) is 11.6 Å². The van der Waals surface area contributed by atoms with Crippen LogP contribution in [0.1, 0.15) is 48.6 Å². The topological polar surface area (TPSA) is 34.4 Å². The van der Waals surface area contributed by atoms with Gasteiger partial charge in [0.2, 0.25) is 0 Å². The van der Waals surface area contributed by atoms with Crippen LogP contribution < -0.4 is 5.56 Å².